The number of nitrogens with zero attached hydrogens (tertiary/aromatic N) is 1. The van der Waals surface area contributed by atoms with Gasteiger partial charge in [0.05, 0.1) is 17.1 Å². The topological polar surface area (TPSA) is 15.3 Å². The predicted octanol–water partition coefficient (Wildman–Crippen LogP) is 10.5. The Morgan fingerprint density at radius 1 is 0.425 bits per heavy atom. The predicted molar refractivity (Wildman–Crippen MR) is 171 cm³/mol. The maximum atomic E-state index is 3.86. The number of rotatable bonds is 7. The SMILES string of the molecule is Cc1cccc(N(Nc2ccc(-c3ccccc3)c(-c3ccccc3)c2-c2ccccc2)c2cccc(C)c2)c1. The Kier molecular flexibility index (Phi) is 7.15. The zero-order valence-electron chi connectivity index (χ0n) is 22.9. The highest BCUT2D eigenvalue weighted by Crippen LogP contribution is 2.45. The van der Waals surface area contributed by atoms with Gasteiger partial charge in [-0.15, -0.1) is 0 Å². The summed E-state index contributed by atoms with van der Waals surface area (Å²) in [6.45, 7) is 4.27. The zero-order valence-corrected chi connectivity index (χ0v) is 22.9. The molecule has 0 radical (unpaired) electrons. The van der Waals surface area contributed by atoms with Crippen LogP contribution < -0.4 is 10.4 Å². The third-order valence-corrected chi connectivity index (χ3v) is 7.17. The van der Waals surface area contributed by atoms with Crippen LogP contribution in [0.4, 0.5) is 17.1 Å². The summed E-state index contributed by atoms with van der Waals surface area (Å²) >= 11 is 0. The summed E-state index contributed by atoms with van der Waals surface area (Å²) in [5, 5.41) is 2.19. The van der Waals surface area contributed by atoms with Crippen LogP contribution >= 0.6 is 0 Å². The second kappa shape index (κ2) is 11.3. The van der Waals surface area contributed by atoms with Crippen molar-refractivity contribution in [1.82, 2.24) is 0 Å². The molecule has 40 heavy (non-hydrogen) atoms. The van der Waals surface area contributed by atoms with Gasteiger partial charge in [0.2, 0.25) is 0 Å². The Morgan fingerprint density at radius 2 is 0.900 bits per heavy atom. The van der Waals surface area contributed by atoms with Crippen molar-refractivity contribution >= 4 is 17.1 Å². The molecule has 0 aliphatic carbocycles. The Labute approximate surface area is 237 Å². The summed E-state index contributed by atoms with van der Waals surface area (Å²) in [6, 6.07) is 53.8. The molecule has 0 heterocycles. The number of nitrogens with one attached hydrogen (secondary N) is 1. The van der Waals surface area contributed by atoms with Crippen molar-refractivity contribution in [2.75, 3.05) is 10.4 Å². The fraction of sp³-hybridized carbons (Fsp3) is 0.0526. The first-order chi connectivity index (χ1) is 19.7. The van der Waals surface area contributed by atoms with Crippen molar-refractivity contribution in [3.05, 3.63) is 163 Å². The van der Waals surface area contributed by atoms with E-state index >= 15 is 0 Å². The van der Waals surface area contributed by atoms with Gasteiger partial charge in [-0.3, -0.25) is 10.4 Å². The summed E-state index contributed by atoms with van der Waals surface area (Å²) in [4.78, 5) is 0. The number of aryl methyl sites for hydroxylation is 2. The van der Waals surface area contributed by atoms with Gasteiger partial charge in [0, 0.05) is 5.56 Å². The summed E-state index contributed by atoms with van der Waals surface area (Å²) in [7, 11) is 0. The lowest BCUT2D eigenvalue weighted by Crippen LogP contribution is -2.25. The molecule has 0 aliphatic rings. The molecule has 6 aromatic carbocycles. The molecule has 2 heteroatoms. The van der Waals surface area contributed by atoms with Crippen LogP contribution in [0, 0.1) is 13.8 Å². The van der Waals surface area contributed by atoms with Crippen molar-refractivity contribution in [2.24, 2.45) is 0 Å². The minimum absolute atomic E-state index is 1.03. The van der Waals surface area contributed by atoms with Crippen molar-refractivity contribution in [1.29, 1.82) is 0 Å². The highest BCUT2D eigenvalue weighted by Gasteiger charge is 2.20. The smallest absolute Gasteiger partial charge is 0.0633 e. The lowest BCUT2D eigenvalue weighted by molar-refractivity contribution is 1.15. The van der Waals surface area contributed by atoms with Gasteiger partial charge in [-0.1, -0.05) is 121 Å². The molecule has 0 unspecified atom stereocenters. The molecule has 0 atom stereocenters. The van der Waals surface area contributed by atoms with Gasteiger partial charge in [0.15, 0.2) is 0 Å². The van der Waals surface area contributed by atoms with Crippen LogP contribution in [0.15, 0.2) is 152 Å². The highest BCUT2D eigenvalue weighted by atomic mass is 15.5. The normalized spacial score (nSPS) is 10.8. The molecule has 6 rings (SSSR count). The monoisotopic (exact) mass is 516 g/mol. The van der Waals surface area contributed by atoms with Crippen LogP contribution in [0.1, 0.15) is 11.1 Å². The number of benzene rings is 6. The van der Waals surface area contributed by atoms with Crippen LogP contribution in [-0.2, 0) is 0 Å². The van der Waals surface area contributed by atoms with Crippen LogP contribution in [0.25, 0.3) is 33.4 Å². The maximum Gasteiger partial charge on any atom is 0.0633 e. The Bertz CT molecular complexity index is 1680. The van der Waals surface area contributed by atoms with Gasteiger partial charge in [0.25, 0.3) is 0 Å². The van der Waals surface area contributed by atoms with Crippen LogP contribution in [0.2, 0.25) is 0 Å². The largest absolute Gasteiger partial charge is 0.293 e. The van der Waals surface area contributed by atoms with E-state index in [1.54, 1.807) is 0 Å². The Balaban J connectivity index is 1.62. The van der Waals surface area contributed by atoms with E-state index in [0.717, 1.165) is 22.6 Å². The quantitative estimate of drug-likeness (QED) is 0.212. The van der Waals surface area contributed by atoms with Crippen LogP contribution in [0.5, 0.6) is 0 Å². The molecule has 0 saturated heterocycles. The van der Waals surface area contributed by atoms with Gasteiger partial charge < -0.3 is 0 Å². The van der Waals surface area contributed by atoms with Gasteiger partial charge in [-0.05, 0) is 83.1 Å². The minimum Gasteiger partial charge on any atom is -0.293 e. The van der Waals surface area contributed by atoms with Gasteiger partial charge >= 0.3 is 0 Å². The van der Waals surface area contributed by atoms with E-state index in [2.05, 4.69) is 176 Å². The van der Waals surface area contributed by atoms with E-state index in [4.69, 9.17) is 0 Å². The molecular weight excluding hydrogens is 484 g/mol. The van der Waals surface area contributed by atoms with E-state index in [1.807, 2.05) is 0 Å². The highest BCUT2D eigenvalue weighted by molar-refractivity contribution is 6.00. The molecule has 2 nitrogen and oxygen atoms in total. The van der Waals surface area contributed by atoms with Crippen molar-refractivity contribution < 1.29 is 0 Å². The van der Waals surface area contributed by atoms with E-state index < -0.39 is 0 Å². The van der Waals surface area contributed by atoms with Crippen molar-refractivity contribution in [3.8, 4) is 33.4 Å². The molecule has 0 spiro atoms. The standard InChI is InChI=1S/C38H32N2/c1-28-14-12-22-33(26-28)40(34-23-13-15-29(2)27-34)39-36-25-24-35(30-16-6-3-7-17-30)37(31-18-8-4-9-19-31)38(36)32-20-10-5-11-21-32/h3-27,39H,1-2H3. The Morgan fingerprint density at radius 3 is 1.40 bits per heavy atom. The van der Waals surface area contributed by atoms with Crippen molar-refractivity contribution in [2.45, 2.75) is 13.8 Å². The second-order valence-electron chi connectivity index (χ2n) is 10.1. The van der Waals surface area contributed by atoms with Gasteiger partial charge in [-0.2, -0.15) is 0 Å². The van der Waals surface area contributed by atoms with Gasteiger partial charge in [-0.25, -0.2) is 0 Å². The van der Waals surface area contributed by atoms with E-state index in [-0.39, 0.29) is 0 Å². The first-order valence-corrected chi connectivity index (χ1v) is 13.7. The number of hydrazine groups is 1. The summed E-state index contributed by atoms with van der Waals surface area (Å²) in [5.74, 6) is 0. The summed E-state index contributed by atoms with van der Waals surface area (Å²) in [5.41, 5.74) is 16.6. The average molecular weight is 517 g/mol. The lowest BCUT2D eigenvalue weighted by Gasteiger charge is -2.30. The van der Waals surface area contributed by atoms with Crippen LogP contribution in [-0.4, -0.2) is 0 Å². The number of hydrogen-bond acceptors (Lipinski definition) is 2. The second-order valence-corrected chi connectivity index (χ2v) is 10.1. The number of hydrogen-bond donors (Lipinski definition) is 1. The lowest BCUT2D eigenvalue weighted by atomic mass is 9.86. The molecule has 0 fully saturated rings. The van der Waals surface area contributed by atoms with E-state index in [0.29, 0.717) is 0 Å². The van der Waals surface area contributed by atoms with E-state index in [9.17, 15) is 0 Å². The fourth-order valence-electron chi connectivity index (χ4n) is 5.30. The third kappa shape index (κ3) is 5.25. The summed E-state index contributed by atoms with van der Waals surface area (Å²) in [6.07, 6.45) is 0. The summed E-state index contributed by atoms with van der Waals surface area (Å²) < 4.78 is 0. The molecule has 0 amide bonds. The molecule has 1 N–H and O–H groups in total. The first-order valence-electron chi connectivity index (χ1n) is 13.7. The van der Waals surface area contributed by atoms with Gasteiger partial charge in [0.1, 0.15) is 0 Å². The number of anilines is 3. The molecule has 194 valence electrons. The Hall–Kier alpha value is -5.08. The molecule has 0 aliphatic heterocycles. The zero-order chi connectivity index (χ0) is 27.3. The van der Waals surface area contributed by atoms with Crippen molar-refractivity contribution in [3.63, 3.8) is 0 Å². The first kappa shape index (κ1) is 25.2. The van der Waals surface area contributed by atoms with Crippen LogP contribution in [0.3, 0.4) is 0 Å². The molecule has 0 bridgehead atoms. The fourth-order valence-corrected chi connectivity index (χ4v) is 5.30. The average Bonchev–Trinajstić information content (AvgIpc) is 3.01. The molecule has 0 saturated carbocycles. The molecule has 6 aromatic rings. The molecule has 0 aromatic heterocycles. The maximum absolute atomic E-state index is 3.86. The van der Waals surface area contributed by atoms with E-state index in [1.165, 1.54) is 38.9 Å². The third-order valence-electron chi connectivity index (χ3n) is 7.17. The minimum atomic E-state index is 1.03. The molecular formula is C38H32N2.